The first kappa shape index (κ1) is 27.2. The molecule has 0 unspecified atom stereocenters. The summed E-state index contributed by atoms with van der Waals surface area (Å²) in [5, 5.41) is 14.3. The van der Waals surface area contributed by atoms with Crippen LogP contribution in [0.15, 0.2) is 18.3 Å². The number of aliphatic carboxylic acids is 1. The number of carbonyl (C=O) groups is 3. The average Bonchev–Trinajstić information content (AvgIpc) is 2.57. The van der Waals surface area contributed by atoms with Crippen LogP contribution in [0.25, 0.3) is 0 Å². The van der Waals surface area contributed by atoms with Gasteiger partial charge in [0.1, 0.15) is 23.4 Å². The lowest BCUT2D eigenvalue weighted by molar-refractivity contribution is -0.142. The van der Waals surface area contributed by atoms with Gasteiger partial charge in [0, 0.05) is 12.6 Å². The van der Waals surface area contributed by atoms with E-state index in [-0.39, 0.29) is 18.4 Å². The molecule has 1 heterocycles. The standard InChI is InChI=1S/C21H30F3N3O5/c1-19(2,3)10-14(27-18(31)32-20(4,5)6)16(28)26-13(17(29)30)9-12-7-8-15(25-11-12)21(22,23)24/h7-8,11,13-14H,9-10H2,1-6H3,(H,26,28)(H,27,31)(H,29,30)/t13-,14+/m0/s1. The van der Waals surface area contributed by atoms with E-state index in [2.05, 4.69) is 15.6 Å². The third-order valence-corrected chi connectivity index (χ3v) is 3.99. The van der Waals surface area contributed by atoms with E-state index < -0.39 is 52.9 Å². The fourth-order valence-electron chi connectivity index (χ4n) is 2.69. The van der Waals surface area contributed by atoms with E-state index in [4.69, 9.17) is 4.74 Å². The van der Waals surface area contributed by atoms with Gasteiger partial charge < -0.3 is 20.5 Å². The van der Waals surface area contributed by atoms with Crippen molar-refractivity contribution in [2.24, 2.45) is 5.41 Å². The second-order valence-electron chi connectivity index (χ2n) is 9.62. The van der Waals surface area contributed by atoms with Crippen LogP contribution in [0.1, 0.15) is 59.2 Å². The van der Waals surface area contributed by atoms with Crippen molar-refractivity contribution in [2.75, 3.05) is 0 Å². The van der Waals surface area contributed by atoms with Crippen molar-refractivity contribution in [3.05, 3.63) is 29.6 Å². The number of hydrogen-bond donors (Lipinski definition) is 3. The Hall–Kier alpha value is -2.85. The predicted molar refractivity (Wildman–Crippen MR) is 110 cm³/mol. The Balaban J connectivity index is 2.97. The highest BCUT2D eigenvalue weighted by atomic mass is 19.4. The van der Waals surface area contributed by atoms with Crippen LogP contribution in [0.2, 0.25) is 0 Å². The van der Waals surface area contributed by atoms with Crippen LogP contribution in [0.4, 0.5) is 18.0 Å². The summed E-state index contributed by atoms with van der Waals surface area (Å²) in [4.78, 5) is 39.9. The molecule has 0 aliphatic carbocycles. The number of ether oxygens (including phenoxy) is 1. The summed E-state index contributed by atoms with van der Waals surface area (Å²) in [6.07, 6.45) is -4.64. The molecule has 0 bridgehead atoms. The molecule has 1 aromatic rings. The number of hydrogen-bond acceptors (Lipinski definition) is 5. The number of nitrogens with zero attached hydrogens (tertiary/aromatic N) is 1. The Morgan fingerprint density at radius 2 is 1.62 bits per heavy atom. The number of carboxylic acids is 1. The van der Waals surface area contributed by atoms with E-state index in [0.29, 0.717) is 0 Å². The summed E-state index contributed by atoms with van der Waals surface area (Å²) in [6, 6.07) is -0.687. The lowest BCUT2D eigenvalue weighted by Gasteiger charge is -2.28. The number of nitrogens with one attached hydrogen (secondary N) is 2. The molecule has 0 fully saturated rings. The maximum Gasteiger partial charge on any atom is 0.433 e. The number of rotatable bonds is 7. The molecule has 0 saturated heterocycles. The molecule has 0 aliphatic heterocycles. The van der Waals surface area contributed by atoms with E-state index in [1.54, 1.807) is 20.8 Å². The first-order chi connectivity index (χ1) is 14.4. The number of alkyl carbamates (subject to hydrolysis) is 1. The highest BCUT2D eigenvalue weighted by Crippen LogP contribution is 2.27. The Bertz CT molecular complexity index is 812. The molecule has 0 saturated carbocycles. The highest BCUT2D eigenvalue weighted by molar-refractivity contribution is 5.89. The fourth-order valence-corrected chi connectivity index (χ4v) is 2.69. The number of amides is 2. The molecule has 2 amide bonds. The summed E-state index contributed by atoms with van der Waals surface area (Å²) < 4.78 is 43.1. The van der Waals surface area contributed by atoms with E-state index in [9.17, 15) is 32.7 Å². The molecule has 1 rings (SSSR count). The van der Waals surface area contributed by atoms with Gasteiger partial charge in [0.25, 0.3) is 0 Å². The second-order valence-corrected chi connectivity index (χ2v) is 9.62. The number of carboxylic acid groups (broad SMARTS) is 1. The van der Waals surface area contributed by atoms with Gasteiger partial charge in [-0.1, -0.05) is 26.8 Å². The van der Waals surface area contributed by atoms with Crippen molar-refractivity contribution in [2.45, 2.75) is 78.2 Å². The summed E-state index contributed by atoms with van der Waals surface area (Å²) in [6.45, 7) is 10.5. The lowest BCUT2D eigenvalue weighted by Crippen LogP contribution is -2.53. The number of aromatic nitrogens is 1. The van der Waals surface area contributed by atoms with E-state index in [0.717, 1.165) is 18.3 Å². The van der Waals surface area contributed by atoms with Crippen molar-refractivity contribution >= 4 is 18.0 Å². The zero-order chi connectivity index (χ0) is 24.9. The second kappa shape index (κ2) is 10.2. The molecular weight excluding hydrogens is 431 g/mol. The maximum atomic E-state index is 12.8. The third-order valence-electron chi connectivity index (χ3n) is 3.99. The minimum absolute atomic E-state index is 0.187. The maximum absolute atomic E-state index is 12.8. The van der Waals surface area contributed by atoms with Gasteiger partial charge in [0.2, 0.25) is 5.91 Å². The summed E-state index contributed by atoms with van der Waals surface area (Å²) >= 11 is 0. The van der Waals surface area contributed by atoms with Gasteiger partial charge in [0.15, 0.2) is 0 Å². The van der Waals surface area contributed by atoms with Crippen LogP contribution in [0.5, 0.6) is 0 Å². The smallest absolute Gasteiger partial charge is 0.433 e. The van der Waals surface area contributed by atoms with Crippen LogP contribution < -0.4 is 10.6 Å². The first-order valence-corrected chi connectivity index (χ1v) is 9.92. The van der Waals surface area contributed by atoms with Gasteiger partial charge in [-0.25, -0.2) is 9.59 Å². The molecule has 2 atom stereocenters. The summed E-state index contributed by atoms with van der Waals surface area (Å²) in [7, 11) is 0. The van der Waals surface area contributed by atoms with Crippen molar-refractivity contribution < 1.29 is 37.4 Å². The minimum atomic E-state index is -4.62. The third kappa shape index (κ3) is 9.97. The molecule has 180 valence electrons. The van der Waals surface area contributed by atoms with Gasteiger partial charge in [-0.15, -0.1) is 0 Å². The number of halogens is 3. The zero-order valence-electron chi connectivity index (χ0n) is 19.0. The largest absolute Gasteiger partial charge is 0.480 e. The quantitative estimate of drug-likeness (QED) is 0.572. The molecule has 3 N–H and O–H groups in total. The van der Waals surface area contributed by atoms with Crippen molar-refractivity contribution in [1.82, 2.24) is 15.6 Å². The van der Waals surface area contributed by atoms with Gasteiger partial charge in [0.05, 0.1) is 0 Å². The summed E-state index contributed by atoms with van der Waals surface area (Å²) in [5.41, 5.74) is -2.11. The van der Waals surface area contributed by atoms with Gasteiger partial charge >= 0.3 is 18.2 Å². The Morgan fingerprint density at radius 3 is 2.03 bits per heavy atom. The molecular formula is C21H30F3N3O5. The summed E-state index contributed by atoms with van der Waals surface area (Å²) in [5.74, 6) is -2.14. The number of pyridine rings is 1. The van der Waals surface area contributed by atoms with Crippen LogP contribution in [-0.4, -0.2) is 45.7 Å². The van der Waals surface area contributed by atoms with E-state index in [1.165, 1.54) is 0 Å². The van der Waals surface area contributed by atoms with E-state index >= 15 is 0 Å². The monoisotopic (exact) mass is 461 g/mol. The SMILES string of the molecule is CC(C)(C)C[C@@H](NC(=O)OC(C)(C)C)C(=O)N[C@@H](Cc1ccc(C(F)(F)F)nc1)C(=O)O. The molecule has 0 aromatic carbocycles. The average molecular weight is 461 g/mol. The predicted octanol–water partition coefficient (Wildman–Crippen LogP) is 3.54. The topological polar surface area (TPSA) is 118 Å². The van der Waals surface area contributed by atoms with Crippen LogP contribution in [-0.2, 0) is 26.9 Å². The van der Waals surface area contributed by atoms with E-state index in [1.807, 2.05) is 20.8 Å². The normalized spacial score (nSPS) is 14.3. The fraction of sp³-hybridized carbons (Fsp3) is 0.619. The van der Waals surface area contributed by atoms with Gasteiger partial charge in [-0.3, -0.25) is 9.78 Å². The molecule has 0 radical (unpaired) electrons. The van der Waals surface area contributed by atoms with Crippen molar-refractivity contribution in [3.63, 3.8) is 0 Å². The molecule has 8 nitrogen and oxygen atoms in total. The molecule has 0 aliphatic rings. The Kier molecular flexibility index (Phi) is 8.65. The number of carbonyl (C=O) groups excluding carboxylic acids is 2. The zero-order valence-corrected chi connectivity index (χ0v) is 19.0. The Labute approximate surface area is 184 Å². The van der Waals surface area contributed by atoms with Crippen LogP contribution >= 0.6 is 0 Å². The molecule has 0 spiro atoms. The highest BCUT2D eigenvalue weighted by Gasteiger charge is 2.33. The van der Waals surface area contributed by atoms with Crippen LogP contribution in [0, 0.1) is 5.41 Å². The molecule has 11 heteroatoms. The minimum Gasteiger partial charge on any atom is -0.480 e. The Morgan fingerprint density at radius 1 is 1.03 bits per heavy atom. The van der Waals surface area contributed by atoms with Gasteiger partial charge in [-0.2, -0.15) is 13.2 Å². The van der Waals surface area contributed by atoms with Gasteiger partial charge in [-0.05, 0) is 44.2 Å². The van der Waals surface area contributed by atoms with Crippen LogP contribution in [0.3, 0.4) is 0 Å². The van der Waals surface area contributed by atoms with Crippen molar-refractivity contribution in [1.29, 1.82) is 0 Å². The first-order valence-electron chi connectivity index (χ1n) is 9.92. The number of alkyl halides is 3. The lowest BCUT2D eigenvalue weighted by atomic mass is 9.87. The molecule has 1 aromatic heterocycles. The van der Waals surface area contributed by atoms with Crippen molar-refractivity contribution in [3.8, 4) is 0 Å². The molecule has 32 heavy (non-hydrogen) atoms.